The number of aryl methyl sites for hydroxylation is 1. The molecule has 2 N–H and O–H groups in total. The molecule has 0 spiro atoms. The van der Waals surface area contributed by atoms with Gasteiger partial charge in [-0.05, 0) is 41.7 Å². The van der Waals surface area contributed by atoms with E-state index in [0.717, 1.165) is 24.0 Å². The van der Waals surface area contributed by atoms with Gasteiger partial charge in [0, 0.05) is 12.1 Å². The van der Waals surface area contributed by atoms with Crippen LogP contribution in [-0.2, 0) is 11.2 Å². The molecule has 142 valence electrons. The Balaban J connectivity index is 1.76. The molecule has 0 aliphatic carbocycles. The number of nitrogens with zero attached hydrogens (tertiary/aromatic N) is 1. The topological polar surface area (TPSA) is 77.8 Å². The predicted molar refractivity (Wildman–Crippen MR) is 103 cm³/mol. The number of rotatable bonds is 6. The van der Waals surface area contributed by atoms with Gasteiger partial charge in [0.1, 0.15) is 12.6 Å². The quantitative estimate of drug-likeness (QED) is 0.822. The average molecular weight is 367 g/mol. The van der Waals surface area contributed by atoms with E-state index in [9.17, 15) is 14.7 Å². The summed E-state index contributed by atoms with van der Waals surface area (Å²) < 4.78 is 0. The Hall–Kier alpha value is -2.50. The van der Waals surface area contributed by atoms with Crippen molar-refractivity contribution in [3.05, 3.63) is 59.7 Å². The van der Waals surface area contributed by atoms with Crippen LogP contribution < -0.4 is 0 Å². The highest BCUT2D eigenvalue weighted by atomic mass is 16.3. The number of Topliss-reactive ketones (excluding diaryl/α,β-unsaturated/α-hetero) is 1. The number of ketones is 1. The van der Waals surface area contributed by atoms with E-state index in [4.69, 9.17) is 5.11 Å². The van der Waals surface area contributed by atoms with Crippen molar-refractivity contribution in [2.45, 2.75) is 38.3 Å². The molecule has 5 heteroatoms. The summed E-state index contributed by atoms with van der Waals surface area (Å²) in [4.78, 5) is 26.0. The normalized spacial score (nSPS) is 19.3. The van der Waals surface area contributed by atoms with Gasteiger partial charge in [0.15, 0.2) is 5.78 Å². The number of hydrogen-bond acceptors (Lipinski definition) is 4. The lowest BCUT2D eigenvalue weighted by atomic mass is 10.0. The molecular weight excluding hydrogens is 342 g/mol. The minimum absolute atomic E-state index is 0.303. The van der Waals surface area contributed by atoms with Gasteiger partial charge in [-0.15, -0.1) is 0 Å². The Labute approximate surface area is 159 Å². The second-order valence-corrected chi connectivity index (χ2v) is 6.95. The van der Waals surface area contributed by atoms with Crippen LogP contribution in [0.3, 0.4) is 0 Å². The average Bonchev–Trinajstić information content (AvgIpc) is 3.09. The first-order chi connectivity index (χ1) is 13.0. The molecule has 1 heterocycles. The van der Waals surface area contributed by atoms with Crippen LogP contribution in [-0.4, -0.2) is 52.1 Å². The molecule has 1 aliphatic heterocycles. The standard InChI is InChI=1S/C22H25NO4/c1-2-3-15-4-6-16(7-5-15)17-8-10-18(11-9-17)22(27)23-13-12-19(25)21(23)20(26)14-24/h4-11,19,21,24-25H,2-3,12-14H2,1H3/t19-,21+/m1/s1. The number of carbonyl (C=O) groups excluding carboxylic acids is 2. The van der Waals surface area contributed by atoms with Crippen molar-refractivity contribution in [3.8, 4) is 11.1 Å². The van der Waals surface area contributed by atoms with Crippen molar-refractivity contribution >= 4 is 11.7 Å². The first-order valence-corrected chi connectivity index (χ1v) is 9.37. The van der Waals surface area contributed by atoms with Gasteiger partial charge in [-0.1, -0.05) is 49.7 Å². The number of aliphatic hydroxyl groups excluding tert-OH is 2. The van der Waals surface area contributed by atoms with Crippen LogP contribution in [0.4, 0.5) is 0 Å². The molecule has 2 aromatic rings. The number of carbonyl (C=O) groups is 2. The van der Waals surface area contributed by atoms with Crippen molar-refractivity contribution in [2.24, 2.45) is 0 Å². The Bertz CT molecular complexity index is 798. The first kappa shape index (κ1) is 19.3. The summed E-state index contributed by atoms with van der Waals surface area (Å²) >= 11 is 0. The molecule has 0 unspecified atom stereocenters. The number of hydrogen-bond donors (Lipinski definition) is 2. The fourth-order valence-corrected chi connectivity index (χ4v) is 3.61. The van der Waals surface area contributed by atoms with Crippen LogP contribution in [0.2, 0.25) is 0 Å². The lowest BCUT2D eigenvalue weighted by Gasteiger charge is -2.24. The van der Waals surface area contributed by atoms with Crippen LogP contribution >= 0.6 is 0 Å². The Kier molecular flexibility index (Phi) is 6.04. The molecule has 1 fully saturated rings. The smallest absolute Gasteiger partial charge is 0.254 e. The maximum Gasteiger partial charge on any atom is 0.254 e. The van der Waals surface area contributed by atoms with Gasteiger partial charge in [0.25, 0.3) is 5.91 Å². The summed E-state index contributed by atoms with van der Waals surface area (Å²) in [5.74, 6) is -0.833. The predicted octanol–water partition coefficient (Wildman–Crippen LogP) is 2.44. The largest absolute Gasteiger partial charge is 0.390 e. The van der Waals surface area contributed by atoms with E-state index in [1.54, 1.807) is 12.1 Å². The van der Waals surface area contributed by atoms with Crippen molar-refractivity contribution in [3.63, 3.8) is 0 Å². The molecule has 3 rings (SSSR count). The first-order valence-electron chi connectivity index (χ1n) is 9.37. The summed E-state index contributed by atoms with van der Waals surface area (Å²) in [6.45, 7) is 1.78. The Morgan fingerprint density at radius 3 is 2.19 bits per heavy atom. The van der Waals surface area contributed by atoms with Gasteiger partial charge in [0.2, 0.25) is 0 Å². The van der Waals surface area contributed by atoms with E-state index in [2.05, 4.69) is 31.2 Å². The molecule has 0 saturated carbocycles. The number of aliphatic hydroxyl groups is 2. The monoisotopic (exact) mass is 367 g/mol. The van der Waals surface area contributed by atoms with Crippen LogP contribution in [0, 0.1) is 0 Å². The molecule has 0 bridgehead atoms. The highest BCUT2D eigenvalue weighted by molar-refractivity contribution is 5.99. The zero-order valence-corrected chi connectivity index (χ0v) is 15.5. The maximum atomic E-state index is 12.8. The lowest BCUT2D eigenvalue weighted by Crippen LogP contribution is -2.46. The third-order valence-corrected chi connectivity index (χ3v) is 5.07. The summed E-state index contributed by atoms with van der Waals surface area (Å²) in [6, 6.07) is 14.7. The summed E-state index contributed by atoms with van der Waals surface area (Å²) in [5, 5.41) is 19.1. The molecule has 1 amide bonds. The molecule has 2 atom stereocenters. The Morgan fingerprint density at radius 1 is 1.04 bits per heavy atom. The van der Waals surface area contributed by atoms with Crippen molar-refractivity contribution < 1.29 is 19.8 Å². The summed E-state index contributed by atoms with van der Waals surface area (Å²) in [5.41, 5.74) is 3.87. The highest BCUT2D eigenvalue weighted by Crippen LogP contribution is 2.24. The van der Waals surface area contributed by atoms with Crippen LogP contribution in [0.25, 0.3) is 11.1 Å². The van der Waals surface area contributed by atoms with E-state index < -0.39 is 24.5 Å². The zero-order valence-electron chi connectivity index (χ0n) is 15.5. The molecular formula is C22H25NO4. The van der Waals surface area contributed by atoms with Gasteiger partial charge < -0.3 is 15.1 Å². The summed E-state index contributed by atoms with van der Waals surface area (Å²) in [6.07, 6.45) is 1.59. The van der Waals surface area contributed by atoms with Crippen molar-refractivity contribution in [2.75, 3.05) is 13.2 Å². The second-order valence-electron chi connectivity index (χ2n) is 6.95. The fourth-order valence-electron chi connectivity index (χ4n) is 3.61. The molecule has 2 aromatic carbocycles. The van der Waals surface area contributed by atoms with Gasteiger partial charge >= 0.3 is 0 Å². The van der Waals surface area contributed by atoms with Gasteiger partial charge in [0.05, 0.1) is 6.10 Å². The van der Waals surface area contributed by atoms with Crippen molar-refractivity contribution in [1.82, 2.24) is 4.90 Å². The second kappa shape index (κ2) is 8.46. The van der Waals surface area contributed by atoms with E-state index in [-0.39, 0.29) is 5.91 Å². The van der Waals surface area contributed by atoms with Crippen molar-refractivity contribution in [1.29, 1.82) is 0 Å². The van der Waals surface area contributed by atoms with Crippen LogP contribution in [0.15, 0.2) is 48.5 Å². The van der Waals surface area contributed by atoms with Gasteiger partial charge in [-0.3, -0.25) is 9.59 Å². The van der Waals surface area contributed by atoms with Gasteiger partial charge in [-0.25, -0.2) is 0 Å². The molecule has 0 aromatic heterocycles. The molecule has 1 aliphatic rings. The third-order valence-electron chi connectivity index (χ3n) is 5.07. The molecule has 5 nitrogen and oxygen atoms in total. The molecule has 27 heavy (non-hydrogen) atoms. The number of amides is 1. The van der Waals surface area contributed by atoms with E-state index >= 15 is 0 Å². The minimum atomic E-state index is -0.965. The van der Waals surface area contributed by atoms with Gasteiger partial charge in [-0.2, -0.15) is 0 Å². The number of benzene rings is 2. The van der Waals surface area contributed by atoms with E-state index in [1.807, 2.05) is 12.1 Å². The molecule has 0 radical (unpaired) electrons. The highest BCUT2D eigenvalue weighted by Gasteiger charge is 2.40. The van der Waals surface area contributed by atoms with E-state index in [0.29, 0.717) is 18.5 Å². The third kappa shape index (κ3) is 4.10. The van der Waals surface area contributed by atoms with E-state index in [1.165, 1.54) is 10.5 Å². The maximum absolute atomic E-state index is 12.8. The minimum Gasteiger partial charge on any atom is -0.390 e. The van der Waals surface area contributed by atoms with Crippen LogP contribution in [0.1, 0.15) is 35.7 Å². The number of likely N-dealkylation sites (tertiary alicyclic amines) is 1. The lowest BCUT2D eigenvalue weighted by molar-refractivity contribution is -0.127. The molecule has 1 saturated heterocycles. The fraction of sp³-hybridized carbons (Fsp3) is 0.364. The van der Waals surface area contributed by atoms with Crippen LogP contribution in [0.5, 0.6) is 0 Å². The Morgan fingerprint density at radius 2 is 1.63 bits per heavy atom. The zero-order chi connectivity index (χ0) is 19.4. The summed E-state index contributed by atoms with van der Waals surface area (Å²) in [7, 11) is 0. The SMILES string of the molecule is CCCc1ccc(-c2ccc(C(=O)N3CC[C@@H](O)[C@H]3C(=O)CO)cc2)cc1.